The van der Waals surface area contributed by atoms with Gasteiger partial charge in [0.05, 0.1) is 12.1 Å². The van der Waals surface area contributed by atoms with Crippen molar-refractivity contribution in [1.82, 2.24) is 10.2 Å². The average molecular weight is 188 g/mol. The Balaban J connectivity index is 2.21. The summed E-state index contributed by atoms with van der Waals surface area (Å²) in [6.07, 6.45) is -1.15. The number of carbonyl (C=O) groups excluding carboxylic acids is 1. The van der Waals surface area contributed by atoms with Gasteiger partial charge in [0.15, 0.2) is 0 Å². The Bertz CT molecular complexity index is 245. The average Bonchev–Trinajstić information content (AvgIpc) is 2.44. The summed E-state index contributed by atoms with van der Waals surface area (Å²) in [6, 6.07) is -0.601. The van der Waals surface area contributed by atoms with Gasteiger partial charge in [-0.25, -0.2) is 14.5 Å². The monoisotopic (exact) mass is 188 g/mol. The SMILES string of the molecule is O=C(O)N1C(=O)N[C@@H]2CSC[C@@H]21. The van der Waals surface area contributed by atoms with Gasteiger partial charge in [-0.05, 0) is 0 Å². The third kappa shape index (κ3) is 0.945. The topological polar surface area (TPSA) is 69.6 Å². The summed E-state index contributed by atoms with van der Waals surface area (Å²) in [5.74, 6) is 1.54. The van der Waals surface area contributed by atoms with Gasteiger partial charge in [0.25, 0.3) is 0 Å². The maximum atomic E-state index is 11.1. The van der Waals surface area contributed by atoms with Gasteiger partial charge in [0.1, 0.15) is 0 Å². The van der Waals surface area contributed by atoms with Crippen LogP contribution in [0.15, 0.2) is 0 Å². The van der Waals surface area contributed by atoms with Crippen molar-refractivity contribution >= 4 is 23.9 Å². The highest BCUT2D eigenvalue weighted by Gasteiger charge is 2.45. The number of hydrogen-bond acceptors (Lipinski definition) is 3. The molecule has 2 aliphatic heterocycles. The molecule has 2 saturated heterocycles. The molecule has 5 nitrogen and oxygen atoms in total. The van der Waals surface area contributed by atoms with E-state index in [2.05, 4.69) is 5.32 Å². The lowest BCUT2D eigenvalue weighted by atomic mass is 10.2. The van der Waals surface area contributed by atoms with Crippen LogP contribution >= 0.6 is 11.8 Å². The minimum Gasteiger partial charge on any atom is -0.465 e. The van der Waals surface area contributed by atoms with Crippen molar-refractivity contribution in [2.24, 2.45) is 0 Å². The fourth-order valence-electron chi connectivity index (χ4n) is 1.54. The summed E-state index contributed by atoms with van der Waals surface area (Å²) in [5.41, 5.74) is 0. The molecule has 2 atom stereocenters. The molecule has 2 aliphatic rings. The van der Waals surface area contributed by atoms with Crippen molar-refractivity contribution < 1.29 is 14.7 Å². The second-order valence-corrected chi connectivity index (χ2v) is 3.89. The van der Waals surface area contributed by atoms with Gasteiger partial charge in [0, 0.05) is 11.5 Å². The summed E-state index contributed by atoms with van der Waals surface area (Å²) >= 11 is 1.67. The maximum Gasteiger partial charge on any atom is 0.415 e. The van der Waals surface area contributed by atoms with Crippen LogP contribution in [0, 0.1) is 0 Å². The predicted molar refractivity (Wildman–Crippen MR) is 43.3 cm³/mol. The predicted octanol–water partition coefficient (Wildman–Crippen LogP) is 0.174. The lowest BCUT2D eigenvalue weighted by Crippen LogP contribution is -2.39. The molecular formula is C6H8N2O3S. The smallest absolute Gasteiger partial charge is 0.415 e. The van der Waals surface area contributed by atoms with E-state index >= 15 is 0 Å². The highest BCUT2D eigenvalue weighted by Crippen LogP contribution is 2.27. The molecule has 3 amide bonds. The summed E-state index contributed by atoms with van der Waals surface area (Å²) < 4.78 is 0. The number of amides is 3. The summed E-state index contributed by atoms with van der Waals surface area (Å²) in [5, 5.41) is 11.3. The normalized spacial score (nSPS) is 33.3. The minimum absolute atomic E-state index is 0.0265. The molecule has 6 heteroatoms. The van der Waals surface area contributed by atoms with E-state index in [0.717, 1.165) is 16.4 Å². The van der Waals surface area contributed by atoms with Crippen molar-refractivity contribution in [1.29, 1.82) is 0 Å². The van der Waals surface area contributed by atoms with E-state index < -0.39 is 12.1 Å². The van der Waals surface area contributed by atoms with E-state index in [1.807, 2.05) is 0 Å². The quantitative estimate of drug-likeness (QED) is 0.532. The standard InChI is InChI=1S/C6H8N2O3S/c9-5-7-3-1-12-2-4(3)8(5)6(10)11/h3-4H,1-2H2,(H,7,9)(H,10,11)/t3-,4+/m1/s1. The van der Waals surface area contributed by atoms with E-state index in [-0.39, 0.29) is 12.1 Å². The Morgan fingerprint density at radius 1 is 1.67 bits per heavy atom. The molecule has 12 heavy (non-hydrogen) atoms. The lowest BCUT2D eigenvalue weighted by Gasteiger charge is -2.14. The number of imide groups is 1. The van der Waals surface area contributed by atoms with Gasteiger partial charge in [-0.2, -0.15) is 11.8 Å². The van der Waals surface area contributed by atoms with Crippen molar-refractivity contribution in [3.05, 3.63) is 0 Å². The minimum atomic E-state index is -1.15. The van der Waals surface area contributed by atoms with Crippen LogP contribution < -0.4 is 5.32 Å². The zero-order valence-corrected chi connectivity index (χ0v) is 7.00. The molecule has 0 aliphatic carbocycles. The Hall–Kier alpha value is -0.910. The Labute approximate surface area is 73.1 Å². The van der Waals surface area contributed by atoms with Crippen LogP contribution in [-0.2, 0) is 0 Å². The van der Waals surface area contributed by atoms with Gasteiger partial charge in [-0.3, -0.25) is 0 Å². The molecular weight excluding hydrogens is 180 g/mol. The van der Waals surface area contributed by atoms with Crippen LogP contribution in [0.2, 0.25) is 0 Å². The number of carbonyl (C=O) groups is 2. The number of hydrogen-bond donors (Lipinski definition) is 2. The molecule has 0 unspecified atom stereocenters. The highest BCUT2D eigenvalue weighted by molar-refractivity contribution is 7.99. The fourth-order valence-corrected chi connectivity index (χ4v) is 2.86. The molecule has 0 radical (unpaired) electrons. The molecule has 66 valence electrons. The fraction of sp³-hybridized carbons (Fsp3) is 0.667. The van der Waals surface area contributed by atoms with E-state index in [9.17, 15) is 9.59 Å². The van der Waals surface area contributed by atoms with Crippen LogP contribution in [-0.4, -0.2) is 45.7 Å². The van der Waals surface area contributed by atoms with E-state index in [4.69, 9.17) is 5.11 Å². The van der Waals surface area contributed by atoms with Crippen LogP contribution in [0.4, 0.5) is 9.59 Å². The Kier molecular flexibility index (Phi) is 1.64. The first-order chi connectivity index (χ1) is 5.70. The Morgan fingerprint density at radius 3 is 3.08 bits per heavy atom. The molecule has 2 fully saturated rings. The first-order valence-corrected chi connectivity index (χ1v) is 4.76. The number of nitrogens with one attached hydrogen (secondary N) is 1. The van der Waals surface area contributed by atoms with Gasteiger partial charge in [0.2, 0.25) is 0 Å². The highest BCUT2D eigenvalue weighted by atomic mass is 32.2. The van der Waals surface area contributed by atoms with Crippen LogP contribution in [0.5, 0.6) is 0 Å². The van der Waals surface area contributed by atoms with Crippen molar-refractivity contribution in [3.63, 3.8) is 0 Å². The molecule has 0 aromatic heterocycles. The van der Waals surface area contributed by atoms with Crippen LogP contribution in [0.1, 0.15) is 0 Å². The molecule has 0 bridgehead atoms. The molecule has 2 N–H and O–H groups in total. The van der Waals surface area contributed by atoms with Crippen LogP contribution in [0.3, 0.4) is 0 Å². The van der Waals surface area contributed by atoms with Crippen molar-refractivity contribution in [3.8, 4) is 0 Å². The number of rotatable bonds is 0. The molecule has 0 aromatic rings. The van der Waals surface area contributed by atoms with E-state index in [1.165, 1.54) is 0 Å². The Morgan fingerprint density at radius 2 is 2.42 bits per heavy atom. The molecule has 0 saturated carbocycles. The molecule has 2 rings (SSSR count). The number of nitrogens with zero attached hydrogens (tertiary/aromatic N) is 1. The zero-order chi connectivity index (χ0) is 8.72. The number of thioether (sulfide) groups is 1. The number of fused-ring (bicyclic) bond motifs is 1. The van der Waals surface area contributed by atoms with Crippen LogP contribution in [0.25, 0.3) is 0 Å². The summed E-state index contributed by atoms with van der Waals surface area (Å²) in [7, 11) is 0. The second-order valence-electron chi connectivity index (χ2n) is 2.81. The first-order valence-electron chi connectivity index (χ1n) is 3.60. The van der Waals surface area contributed by atoms with E-state index in [1.54, 1.807) is 11.8 Å². The molecule has 2 heterocycles. The third-order valence-electron chi connectivity index (χ3n) is 2.12. The van der Waals surface area contributed by atoms with Gasteiger partial charge >= 0.3 is 12.1 Å². The summed E-state index contributed by atoms with van der Waals surface area (Å²) in [4.78, 5) is 22.6. The zero-order valence-electron chi connectivity index (χ0n) is 6.19. The second kappa shape index (κ2) is 2.55. The van der Waals surface area contributed by atoms with Crippen molar-refractivity contribution in [2.45, 2.75) is 12.1 Å². The first kappa shape index (κ1) is 7.72. The number of urea groups is 1. The van der Waals surface area contributed by atoms with Gasteiger partial charge in [-0.15, -0.1) is 0 Å². The maximum absolute atomic E-state index is 11.1. The third-order valence-corrected chi connectivity index (χ3v) is 3.29. The summed E-state index contributed by atoms with van der Waals surface area (Å²) in [6.45, 7) is 0. The van der Waals surface area contributed by atoms with E-state index in [0.29, 0.717) is 0 Å². The largest absolute Gasteiger partial charge is 0.465 e. The van der Waals surface area contributed by atoms with Crippen molar-refractivity contribution in [2.75, 3.05) is 11.5 Å². The lowest BCUT2D eigenvalue weighted by molar-refractivity contribution is 0.148. The molecule has 0 aromatic carbocycles. The number of carboxylic acid groups (broad SMARTS) is 1. The van der Waals surface area contributed by atoms with Gasteiger partial charge in [-0.1, -0.05) is 0 Å². The molecule has 0 spiro atoms. The van der Waals surface area contributed by atoms with Gasteiger partial charge < -0.3 is 10.4 Å².